The SMILES string of the molecule is [CH3][Ge]([CH3])=[Se]. The maximum absolute atomic E-state index is 3.07. The van der Waals surface area contributed by atoms with E-state index in [2.05, 4.69) is 25.1 Å². The van der Waals surface area contributed by atoms with Crippen molar-refractivity contribution in [3.8, 4) is 0 Å². The molecule has 0 aromatic rings. The van der Waals surface area contributed by atoms with Crippen molar-refractivity contribution in [2.75, 3.05) is 0 Å². The van der Waals surface area contributed by atoms with Crippen molar-refractivity contribution >= 4 is 25.5 Å². The van der Waals surface area contributed by atoms with Crippen molar-refractivity contribution in [1.82, 2.24) is 0 Å². The molecule has 0 fully saturated rings. The van der Waals surface area contributed by atoms with Gasteiger partial charge in [-0.15, -0.1) is 0 Å². The Balaban J connectivity index is 2.80. The zero-order valence-electron chi connectivity index (χ0n) is 2.91. The van der Waals surface area contributed by atoms with Crippen LogP contribution in [0.2, 0.25) is 11.5 Å². The zero-order valence-corrected chi connectivity index (χ0v) is 6.72. The van der Waals surface area contributed by atoms with Crippen molar-refractivity contribution in [3.63, 3.8) is 0 Å². The van der Waals surface area contributed by atoms with Crippen LogP contribution in [-0.2, 0) is 0 Å². The van der Waals surface area contributed by atoms with E-state index in [1.54, 1.807) is 0 Å². The van der Waals surface area contributed by atoms with Crippen LogP contribution >= 0.6 is 0 Å². The van der Waals surface area contributed by atoms with E-state index in [1.807, 2.05) is 0 Å². The molecule has 24 valence electrons. The van der Waals surface area contributed by atoms with Gasteiger partial charge in [0.15, 0.2) is 0 Å². The molecule has 0 atom stereocenters. The summed E-state index contributed by atoms with van der Waals surface area (Å²) in [4.78, 5) is 0. The Morgan fingerprint density at radius 2 is 1.50 bits per heavy atom. The second-order valence-corrected chi connectivity index (χ2v) is 13.6. The molecule has 0 aliphatic carbocycles. The van der Waals surface area contributed by atoms with Crippen molar-refractivity contribution in [2.24, 2.45) is 0 Å². The topological polar surface area (TPSA) is 0 Å². The Hall–Kier alpha value is 1.06. The molecule has 0 N–H and O–H groups in total. The summed E-state index contributed by atoms with van der Waals surface area (Å²) in [6.45, 7) is 0. The molecule has 0 saturated carbocycles. The van der Waals surface area contributed by atoms with E-state index in [-0.39, 0.29) is 0 Å². The van der Waals surface area contributed by atoms with Crippen LogP contribution in [0, 0.1) is 0 Å². The fraction of sp³-hybridized carbons (Fsp3) is 1.00. The molecule has 0 spiro atoms. The van der Waals surface area contributed by atoms with Gasteiger partial charge in [0, 0.05) is 0 Å². The summed E-state index contributed by atoms with van der Waals surface area (Å²) in [6, 6.07) is 0. The van der Waals surface area contributed by atoms with Crippen LogP contribution < -0.4 is 0 Å². The van der Waals surface area contributed by atoms with Crippen molar-refractivity contribution in [2.45, 2.75) is 11.5 Å². The molecule has 0 aliphatic heterocycles. The van der Waals surface area contributed by atoms with Gasteiger partial charge in [0.25, 0.3) is 0 Å². The Morgan fingerprint density at radius 1 is 1.50 bits per heavy atom. The fourth-order valence-electron chi connectivity index (χ4n) is 0. The summed E-state index contributed by atoms with van der Waals surface area (Å²) < 4.78 is 0. The minimum absolute atomic E-state index is 0.458. The molecule has 0 saturated heterocycles. The third kappa shape index (κ3) is 11.5. The van der Waals surface area contributed by atoms with Crippen LogP contribution in [0.4, 0.5) is 0 Å². The molecule has 2 heteroatoms. The van der Waals surface area contributed by atoms with Gasteiger partial charge in [-0.05, 0) is 0 Å². The van der Waals surface area contributed by atoms with E-state index in [0.717, 1.165) is 0 Å². The van der Waals surface area contributed by atoms with Gasteiger partial charge >= 0.3 is 37.0 Å². The van der Waals surface area contributed by atoms with E-state index >= 15 is 0 Å². The average molecular weight is 182 g/mol. The Labute approximate surface area is 37.3 Å². The summed E-state index contributed by atoms with van der Waals surface area (Å²) in [5, 5.41) is 0. The van der Waals surface area contributed by atoms with Crippen molar-refractivity contribution in [3.05, 3.63) is 0 Å². The van der Waals surface area contributed by atoms with Gasteiger partial charge in [0.1, 0.15) is 0 Å². The first-order chi connectivity index (χ1) is 1.73. The van der Waals surface area contributed by atoms with E-state index in [9.17, 15) is 0 Å². The van der Waals surface area contributed by atoms with Gasteiger partial charge in [-0.25, -0.2) is 0 Å². The van der Waals surface area contributed by atoms with Crippen LogP contribution in [0.15, 0.2) is 0 Å². The second kappa shape index (κ2) is 2.31. The number of rotatable bonds is 0. The minimum atomic E-state index is -0.458. The summed E-state index contributed by atoms with van der Waals surface area (Å²) in [5.74, 6) is 4.56. The van der Waals surface area contributed by atoms with E-state index < -0.39 is 11.9 Å². The van der Waals surface area contributed by atoms with Gasteiger partial charge < -0.3 is 0 Å². The molecular formula is C2H6GeSe. The van der Waals surface area contributed by atoms with Gasteiger partial charge in [-0.1, -0.05) is 0 Å². The molecule has 0 aromatic heterocycles. The van der Waals surface area contributed by atoms with Gasteiger partial charge in [0.2, 0.25) is 0 Å². The van der Waals surface area contributed by atoms with Crippen LogP contribution in [0.5, 0.6) is 0 Å². The Morgan fingerprint density at radius 3 is 1.50 bits per heavy atom. The average Bonchev–Trinajstić information content (AvgIpc) is 0.811. The predicted octanol–water partition coefficient (Wildman–Crippen LogP) is 0.406. The first kappa shape index (κ1) is 5.06. The maximum atomic E-state index is 3.07. The first-order valence-corrected chi connectivity index (χ1v) is 10.7. The van der Waals surface area contributed by atoms with Crippen LogP contribution in [0.3, 0.4) is 0 Å². The molecule has 0 radical (unpaired) electrons. The summed E-state index contributed by atoms with van der Waals surface area (Å²) >= 11 is 2.61. The molecule has 0 rings (SSSR count). The molecule has 0 amide bonds. The molecule has 0 unspecified atom stereocenters. The van der Waals surface area contributed by atoms with Crippen LogP contribution in [0.25, 0.3) is 0 Å². The summed E-state index contributed by atoms with van der Waals surface area (Å²) in [5.41, 5.74) is 0. The van der Waals surface area contributed by atoms with E-state index in [4.69, 9.17) is 0 Å². The van der Waals surface area contributed by atoms with E-state index in [0.29, 0.717) is 0 Å². The Kier molecular flexibility index (Phi) is 2.92. The molecule has 0 aliphatic rings. The molecule has 4 heavy (non-hydrogen) atoms. The second-order valence-electron chi connectivity index (χ2n) is 0.908. The molecule has 0 bridgehead atoms. The fourth-order valence-corrected chi connectivity index (χ4v) is 0. The first-order valence-electron chi connectivity index (χ1n) is 1.20. The normalized spacial score (nSPS) is 6.50. The van der Waals surface area contributed by atoms with Gasteiger partial charge in [-0.3, -0.25) is 0 Å². The molecule has 0 aromatic carbocycles. The number of hydrogen-bond donors (Lipinski definition) is 0. The Bertz CT molecular complexity index is 29.0. The molecule has 0 nitrogen and oxygen atoms in total. The van der Waals surface area contributed by atoms with Crippen LogP contribution in [-0.4, -0.2) is 25.5 Å². The summed E-state index contributed by atoms with van der Waals surface area (Å²) in [7, 11) is 0. The van der Waals surface area contributed by atoms with Gasteiger partial charge in [0.05, 0.1) is 0 Å². The zero-order chi connectivity index (χ0) is 3.58. The van der Waals surface area contributed by atoms with Crippen molar-refractivity contribution < 1.29 is 0 Å². The molecular weight excluding hydrogens is 176 g/mol. The van der Waals surface area contributed by atoms with Crippen LogP contribution in [0.1, 0.15) is 0 Å². The third-order valence-corrected chi connectivity index (χ3v) is 0. The predicted molar refractivity (Wildman–Crippen MR) is 23.2 cm³/mol. The standard InChI is InChI=1S/C2H6GeSe/c1-3(2)4/h1-2H3. The van der Waals surface area contributed by atoms with Gasteiger partial charge in [-0.2, -0.15) is 0 Å². The van der Waals surface area contributed by atoms with E-state index in [1.165, 1.54) is 0 Å². The summed E-state index contributed by atoms with van der Waals surface area (Å²) in [6.07, 6.45) is 0. The quantitative estimate of drug-likeness (QED) is 0.475. The van der Waals surface area contributed by atoms with Crippen molar-refractivity contribution in [1.29, 1.82) is 0 Å². The third-order valence-electron chi connectivity index (χ3n) is 0. The number of hydrogen-bond acceptors (Lipinski definition) is 0. The molecule has 0 heterocycles. The monoisotopic (exact) mass is 184 g/mol.